The molecule has 2 N–H and O–H groups in total. The summed E-state index contributed by atoms with van der Waals surface area (Å²) in [6.07, 6.45) is 0. The molecule has 3 aromatic carbocycles. The van der Waals surface area contributed by atoms with Gasteiger partial charge < -0.3 is 10.6 Å². The first kappa shape index (κ1) is 23.8. The van der Waals surface area contributed by atoms with Crippen LogP contribution in [0.1, 0.15) is 24.1 Å². The largest absolute Gasteiger partial charge is 0.344 e. The van der Waals surface area contributed by atoms with Crippen molar-refractivity contribution in [2.75, 3.05) is 18.9 Å². The average molecular weight is 470 g/mol. The van der Waals surface area contributed by atoms with E-state index in [-0.39, 0.29) is 24.4 Å². The monoisotopic (exact) mass is 469 g/mol. The number of benzene rings is 3. The molecule has 0 radical (unpaired) electrons. The molecule has 0 unspecified atom stereocenters. The van der Waals surface area contributed by atoms with Crippen LogP contribution >= 0.6 is 23.2 Å². The lowest BCUT2D eigenvalue weighted by atomic mass is 9.98. The Morgan fingerprint density at radius 3 is 1.84 bits per heavy atom. The van der Waals surface area contributed by atoms with Gasteiger partial charge in [-0.15, -0.1) is 0 Å². The Balaban J connectivity index is 1.67. The number of anilines is 1. The highest BCUT2D eigenvalue weighted by Gasteiger charge is 2.24. The molecule has 2 amide bonds. The molecule has 3 rings (SSSR count). The molecule has 0 spiro atoms. The van der Waals surface area contributed by atoms with Crippen molar-refractivity contribution in [1.29, 1.82) is 0 Å². The summed E-state index contributed by atoms with van der Waals surface area (Å²) in [6.45, 7) is 1.76. The highest BCUT2D eigenvalue weighted by Crippen LogP contribution is 2.29. The number of rotatable bonds is 8. The summed E-state index contributed by atoms with van der Waals surface area (Å²) in [5, 5.41) is 6.55. The molecule has 32 heavy (non-hydrogen) atoms. The molecule has 0 heterocycles. The Morgan fingerprint density at radius 1 is 0.844 bits per heavy atom. The van der Waals surface area contributed by atoms with Crippen molar-refractivity contribution in [3.63, 3.8) is 0 Å². The number of amides is 2. The van der Waals surface area contributed by atoms with E-state index < -0.39 is 6.04 Å². The van der Waals surface area contributed by atoms with Crippen LogP contribution in [0.5, 0.6) is 0 Å². The third kappa shape index (κ3) is 6.10. The number of nitrogens with one attached hydrogen (secondary N) is 2. The first-order valence-corrected chi connectivity index (χ1v) is 11.0. The lowest BCUT2D eigenvalue weighted by molar-refractivity contribution is -0.127. The van der Waals surface area contributed by atoms with Gasteiger partial charge in [-0.05, 0) is 37.2 Å². The van der Waals surface area contributed by atoms with Crippen LogP contribution < -0.4 is 10.6 Å². The number of carbonyl (C=O) groups excluding carboxylic acids is 2. The van der Waals surface area contributed by atoms with Crippen LogP contribution in [0.2, 0.25) is 10.0 Å². The molecule has 7 heteroatoms. The second-order valence-corrected chi connectivity index (χ2v) is 8.31. The van der Waals surface area contributed by atoms with Crippen molar-refractivity contribution >= 4 is 40.7 Å². The topological polar surface area (TPSA) is 61.4 Å². The summed E-state index contributed by atoms with van der Waals surface area (Å²) in [7, 11) is 1.72. The molecule has 0 saturated heterocycles. The minimum Gasteiger partial charge on any atom is -0.344 e. The molecule has 0 aliphatic heterocycles. The predicted molar refractivity (Wildman–Crippen MR) is 130 cm³/mol. The molecule has 166 valence electrons. The zero-order valence-electron chi connectivity index (χ0n) is 17.9. The summed E-state index contributed by atoms with van der Waals surface area (Å²) in [5.41, 5.74) is 2.32. The lowest BCUT2D eigenvalue weighted by Gasteiger charge is -2.27. The van der Waals surface area contributed by atoms with Crippen molar-refractivity contribution in [2.24, 2.45) is 0 Å². The second kappa shape index (κ2) is 11.1. The van der Waals surface area contributed by atoms with Crippen molar-refractivity contribution in [2.45, 2.75) is 19.0 Å². The van der Waals surface area contributed by atoms with E-state index in [1.54, 1.807) is 37.1 Å². The van der Waals surface area contributed by atoms with E-state index in [0.717, 1.165) is 11.1 Å². The minimum absolute atomic E-state index is 0.00250. The summed E-state index contributed by atoms with van der Waals surface area (Å²) in [6, 6.07) is 23.7. The van der Waals surface area contributed by atoms with Crippen LogP contribution in [-0.4, -0.2) is 36.3 Å². The fourth-order valence-corrected chi connectivity index (χ4v) is 3.76. The molecule has 3 aromatic rings. The van der Waals surface area contributed by atoms with E-state index in [9.17, 15) is 9.59 Å². The van der Waals surface area contributed by atoms with E-state index in [2.05, 4.69) is 10.6 Å². The number of para-hydroxylation sites is 1. The van der Waals surface area contributed by atoms with Crippen molar-refractivity contribution in [3.8, 4) is 0 Å². The number of hydrogen-bond donors (Lipinski definition) is 2. The van der Waals surface area contributed by atoms with Gasteiger partial charge >= 0.3 is 0 Å². The molecule has 1 atom stereocenters. The van der Waals surface area contributed by atoms with Gasteiger partial charge in [0.25, 0.3) is 0 Å². The molecule has 0 aliphatic rings. The van der Waals surface area contributed by atoms with E-state index in [1.165, 1.54) is 0 Å². The highest BCUT2D eigenvalue weighted by atomic mass is 35.5. The van der Waals surface area contributed by atoms with Gasteiger partial charge in [-0.2, -0.15) is 0 Å². The highest BCUT2D eigenvalue weighted by molar-refractivity contribution is 6.39. The van der Waals surface area contributed by atoms with E-state index >= 15 is 0 Å². The van der Waals surface area contributed by atoms with Gasteiger partial charge in [0, 0.05) is 0 Å². The van der Waals surface area contributed by atoms with Gasteiger partial charge in [-0.1, -0.05) is 89.9 Å². The lowest BCUT2D eigenvalue weighted by Crippen LogP contribution is -2.47. The van der Waals surface area contributed by atoms with Gasteiger partial charge in [-0.25, -0.2) is 0 Å². The molecule has 0 bridgehead atoms. The first-order valence-electron chi connectivity index (χ1n) is 10.2. The van der Waals surface area contributed by atoms with Gasteiger partial charge in [0.1, 0.15) is 0 Å². The van der Waals surface area contributed by atoms with E-state index in [4.69, 9.17) is 23.2 Å². The Labute approximate surface area is 198 Å². The Morgan fingerprint density at radius 2 is 1.34 bits per heavy atom. The molecular weight excluding hydrogens is 445 g/mol. The van der Waals surface area contributed by atoms with Crippen LogP contribution in [-0.2, 0) is 9.59 Å². The number of carbonyl (C=O) groups is 2. The summed E-state index contributed by atoms with van der Waals surface area (Å²) < 4.78 is 0. The Hall–Kier alpha value is -2.86. The maximum atomic E-state index is 13.1. The van der Waals surface area contributed by atoms with E-state index in [1.807, 2.05) is 60.7 Å². The van der Waals surface area contributed by atoms with E-state index in [0.29, 0.717) is 15.7 Å². The number of likely N-dealkylation sites (N-methyl/N-ethyl adjacent to an activating group) is 1. The van der Waals surface area contributed by atoms with Crippen LogP contribution in [0.15, 0.2) is 78.9 Å². The van der Waals surface area contributed by atoms with Crippen LogP contribution in [0.25, 0.3) is 0 Å². The molecule has 0 fully saturated rings. The zero-order chi connectivity index (χ0) is 23.1. The number of halogens is 2. The van der Waals surface area contributed by atoms with Crippen LogP contribution in [0, 0.1) is 0 Å². The summed E-state index contributed by atoms with van der Waals surface area (Å²) in [5.74, 6) is -0.501. The molecule has 5 nitrogen and oxygen atoms in total. The molecule has 0 aromatic heterocycles. The molecule has 0 saturated carbocycles. The van der Waals surface area contributed by atoms with Crippen molar-refractivity contribution < 1.29 is 9.59 Å². The van der Waals surface area contributed by atoms with Gasteiger partial charge in [0.05, 0.1) is 34.4 Å². The average Bonchev–Trinajstić information content (AvgIpc) is 2.80. The number of hydrogen-bond acceptors (Lipinski definition) is 3. The summed E-state index contributed by atoms with van der Waals surface area (Å²) in [4.78, 5) is 27.2. The first-order chi connectivity index (χ1) is 15.4. The minimum atomic E-state index is -0.544. The maximum Gasteiger partial charge on any atom is 0.238 e. The van der Waals surface area contributed by atoms with Crippen molar-refractivity contribution in [1.82, 2.24) is 10.2 Å². The Kier molecular flexibility index (Phi) is 8.28. The third-order valence-corrected chi connectivity index (χ3v) is 5.84. The quantitative estimate of drug-likeness (QED) is 0.478. The molecule has 0 aliphatic carbocycles. The van der Waals surface area contributed by atoms with Gasteiger partial charge in [0.15, 0.2) is 0 Å². The van der Waals surface area contributed by atoms with Crippen molar-refractivity contribution in [3.05, 3.63) is 100 Å². The predicted octanol–water partition coefficient (Wildman–Crippen LogP) is 5.16. The third-order valence-electron chi connectivity index (χ3n) is 5.21. The van der Waals surface area contributed by atoms with Crippen LogP contribution in [0.3, 0.4) is 0 Å². The standard InChI is InChI=1S/C25H25Cl2N3O2/c1-17(30(2)16-22(31)28-24-20(26)14-9-15-21(24)27)25(32)29-23(18-10-5-3-6-11-18)19-12-7-4-8-13-19/h3-15,17,23H,16H2,1-2H3,(H,28,31)(H,29,32)/t17-/m1/s1. The smallest absolute Gasteiger partial charge is 0.238 e. The summed E-state index contributed by atoms with van der Waals surface area (Å²) >= 11 is 12.2. The molecular formula is C25H25Cl2N3O2. The second-order valence-electron chi connectivity index (χ2n) is 7.50. The van der Waals surface area contributed by atoms with Crippen LogP contribution in [0.4, 0.5) is 5.69 Å². The number of nitrogens with zero attached hydrogens (tertiary/aromatic N) is 1. The Bertz CT molecular complexity index is 1000. The zero-order valence-corrected chi connectivity index (χ0v) is 19.4. The fraction of sp³-hybridized carbons (Fsp3) is 0.200. The SMILES string of the molecule is C[C@H](C(=O)NC(c1ccccc1)c1ccccc1)N(C)CC(=O)Nc1c(Cl)cccc1Cl. The fourth-order valence-electron chi connectivity index (χ4n) is 3.27. The maximum absolute atomic E-state index is 13.1. The van der Waals surface area contributed by atoms with Gasteiger partial charge in [-0.3, -0.25) is 14.5 Å². The normalized spacial score (nSPS) is 11.9. The van der Waals surface area contributed by atoms with Gasteiger partial charge in [0.2, 0.25) is 11.8 Å².